The highest BCUT2D eigenvalue weighted by molar-refractivity contribution is 5.48. The number of nitrogens with one attached hydrogen (secondary N) is 1. The van der Waals surface area contributed by atoms with Crippen molar-refractivity contribution in [2.45, 2.75) is 57.4 Å². The van der Waals surface area contributed by atoms with Gasteiger partial charge in [0.25, 0.3) is 0 Å². The molecule has 0 aromatic carbocycles. The zero-order chi connectivity index (χ0) is 10.5. The highest BCUT2D eigenvalue weighted by Gasteiger charge is 2.56. The molecule has 0 aliphatic heterocycles. The van der Waals surface area contributed by atoms with Crippen molar-refractivity contribution in [2.75, 3.05) is 0 Å². The van der Waals surface area contributed by atoms with Gasteiger partial charge in [-0.15, -0.1) is 0 Å². The lowest BCUT2D eigenvalue weighted by atomic mass is 9.46. The number of rotatable bonds is 3. The fourth-order valence-electron chi connectivity index (χ4n) is 5.16. The van der Waals surface area contributed by atoms with Crippen molar-refractivity contribution < 1.29 is 4.79 Å². The first-order valence-corrected chi connectivity index (χ1v) is 6.41. The Kier molecular flexibility index (Phi) is 1.93. The molecule has 2 atom stereocenters. The van der Waals surface area contributed by atoms with Gasteiger partial charge < -0.3 is 5.32 Å². The van der Waals surface area contributed by atoms with Gasteiger partial charge in [0, 0.05) is 5.54 Å². The molecule has 4 fully saturated rings. The third kappa shape index (κ3) is 1.33. The monoisotopic (exact) mass is 207 g/mol. The molecule has 0 heterocycles. The molecule has 4 aliphatic carbocycles. The van der Waals surface area contributed by atoms with E-state index < -0.39 is 0 Å². The van der Waals surface area contributed by atoms with Crippen molar-refractivity contribution in [1.29, 1.82) is 0 Å². The molecule has 4 bridgehead atoms. The average Bonchev–Trinajstić information content (AvgIpc) is 2.15. The van der Waals surface area contributed by atoms with Crippen LogP contribution in [0.4, 0.5) is 0 Å². The Hall–Kier alpha value is -0.530. The van der Waals surface area contributed by atoms with E-state index in [1.807, 2.05) is 0 Å². The Labute approximate surface area is 91.8 Å². The van der Waals surface area contributed by atoms with Crippen LogP contribution in [-0.2, 0) is 4.79 Å². The van der Waals surface area contributed by atoms with Crippen LogP contribution in [0.1, 0.15) is 51.9 Å². The Morgan fingerprint density at radius 3 is 2.47 bits per heavy atom. The maximum Gasteiger partial charge on any atom is 0.207 e. The third-order valence-electron chi connectivity index (χ3n) is 5.30. The highest BCUT2D eigenvalue weighted by atomic mass is 16.1. The quantitative estimate of drug-likeness (QED) is 0.708. The number of hydrogen-bond acceptors (Lipinski definition) is 1. The van der Waals surface area contributed by atoms with Crippen LogP contribution in [0.3, 0.4) is 0 Å². The van der Waals surface area contributed by atoms with E-state index in [9.17, 15) is 4.79 Å². The van der Waals surface area contributed by atoms with Crippen LogP contribution in [0.5, 0.6) is 0 Å². The Morgan fingerprint density at radius 1 is 1.27 bits per heavy atom. The largest absolute Gasteiger partial charge is 0.353 e. The summed E-state index contributed by atoms with van der Waals surface area (Å²) in [6, 6.07) is 0. The molecule has 2 unspecified atom stereocenters. The summed E-state index contributed by atoms with van der Waals surface area (Å²) in [6.45, 7) is 2.34. The summed E-state index contributed by atoms with van der Waals surface area (Å²) in [5.41, 5.74) is 0.780. The summed E-state index contributed by atoms with van der Waals surface area (Å²) in [6.07, 6.45) is 10.3. The molecular formula is C13H21NO. The third-order valence-corrected chi connectivity index (χ3v) is 5.30. The predicted octanol–water partition coefficient (Wildman–Crippen LogP) is 2.48. The minimum absolute atomic E-state index is 0.196. The van der Waals surface area contributed by atoms with Gasteiger partial charge in [0.05, 0.1) is 0 Å². The molecule has 15 heavy (non-hydrogen) atoms. The van der Waals surface area contributed by atoms with E-state index in [0.717, 1.165) is 18.2 Å². The van der Waals surface area contributed by atoms with Crippen molar-refractivity contribution >= 4 is 6.41 Å². The van der Waals surface area contributed by atoms with E-state index in [1.165, 1.54) is 44.9 Å². The second kappa shape index (κ2) is 2.99. The standard InChI is InChI=1S/C13H21NO/c1-2-12-4-10-3-11(5-12)7-13(6-10,8-12)14-9-15/h9-11H,2-8H2,1H3,(H,14,15). The molecule has 0 spiro atoms. The summed E-state index contributed by atoms with van der Waals surface area (Å²) >= 11 is 0. The maximum absolute atomic E-state index is 10.8. The molecule has 4 saturated carbocycles. The molecule has 4 rings (SSSR count). The molecule has 2 heteroatoms. The second-order valence-electron chi connectivity index (χ2n) is 6.36. The van der Waals surface area contributed by atoms with Crippen molar-refractivity contribution in [1.82, 2.24) is 5.32 Å². The first-order chi connectivity index (χ1) is 7.19. The van der Waals surface area contributed by atoms with Crippen LogP contribution >= 0.6 is 0 Å². The highest BCUT2D eigenvalue weighted by Crippen LogP contribution is 2.62. The van der Waals surface area contributed by atoms with Crippen LogP contribution in [0, 0.1) is 17.3 Å². The molecule has 1 N–H and O–H groups in total. The Balaban J connectivity index is 1.91. The molecule has 0 saturated heterocycles. The Morgan fingerprint density at radius 2 is 1.93 bits per heavy atom. The van der Waals surface area contributed by atoms with Crippen LogP contribution in [-0.4, -0.2) is 11.9 Å². The number of hydrogen-bond donors (Lipinski definition) is 1. The first kappa shape index (κ1) is 9.68. The van der Waals surface area contributed by atoms with Gasteiger partial charge >= 0.3 is 0 Å². The van der Waals surface area contributed by atoms with E-state index in [4.69, 9.17) is 0 Å². The van der Waals surface area contributed by atoms with E-state index in [1.54, 1.807) is 0 Å². The van der Waals surface area contributed by atoms with Gasteiger partial charge in [-0.3, -0.25) is 4.79 Å². The van der Waals surface area contributed by atoms with Gasteiger partial charge in [0.2, 0.25) is 6.41 Å². The molecule has 2 nitrogen and oxygen atoms in total. The van der Waals surface area contributed by atoms with Crippen LogP contribution in [0.15, 0.2) is 0 Å². The molecular weight excluding hydrogens is 186 g/mol. The predicted molar refractivity (Wildman–Crippen MR) is 59.3 cm³/mol. The van der Waals surface area contributed by atoms with Gasteiger partial charge in [-0.05, 0) is 55.8 Å². The van der Waals surface area contributed by atoms with E-state index >= 15 is 0 Å². The van der Waals surface area contributed by atoms with Gasteiger partial charge in [0.15, 0.2) is 0 Å². The summed E-state index contributed by atoms with van der Waals surface area (Å²) in [7, 11) is 0. The van der Waals surface area contributed by atoms with Gasteiger partial charge in [-0.1, -0.05) is 13.3 Å². The lowest BCUT2D eigenvalue weighted by molar-refractivity contribution is -0.120. The van der Waals surface area contributed by atoms with E-state index in [0.29, 0.717) is 5.41 Å². The van der Waals surface area contributed by atoms with Gasteiger partial charge in [0.1, 0.15) is 0 Å². The molecule has 4 aliphatic rings. The number of amides is 1. The molecule has 1 amide bonds. The molecule has 0 aromatic rings. The minimum Gasteiger partial charge on any atom is -0.353 e. The minimum atomic E-state index is 0.196. The zero-order valence-corrected chi connectivity index (χ0v) is 9.59. The lowest BCUT2D eigenvalue weighted by Gasteiger charge is -2.62. The summed E-state index contributed by atoms with van der Waals surface area (Å²) in [4.78, 5) is 10.8. The second-order valence-corrected chi connectivity index (χ2v) is 6.36. The number of carbonyl (C=O) groups is 1. The lowest BCUT2D eigenvalue weighted by Crippen LogP contribution is -2.61. The SMILES string of the molecule is CCC12CC3CC(C1)CC(NC=O)(C3)C2. The van der Waals surface area contributed by atoms with Crippen molar-refractivity contribution in [2.24, 2.45) is 17.3 Å². The van der Waals surface area contributed by atoms with E-state index in [2.05, 4.69) is 12.2 Å². The fraction of sp³-hybridized carbons (Fsp3) is 0.923. The normalized spacial score (nSPS) is 51.8. The number of carbonyl (C=O) groups excluding carboxylic acids is 1. The zero-order valence-electron chi connectivity index (χ0n) is 9.59. The fourth-order valence-corrected chi connectivity index (χ4v) is 5.16. The topological polar surface area (TPSA) is 29.1 Å². The van der Waals surface area contributed by atoms with Gasteiger partial charge in [-0.25, -0.2) is 0 Å². The molecule has 84 valence electrons. The smallest absolute Gasteiger partial charge is 0.207 e. The van der Waals surface area contributed by atoms with Crippen molar-refractivity contribution in [3.8, 4) is 0 Å². The first-order valence-electron chi connectivity index (χ1n) is 6.41. The van der Waals surface area contributed by atoms with Crippen LogP contribution in [0.2, 0.25) is 0 Å². The molecule has 0 aromatic heterocycles. The molecule has 0 radical (unpaired) electrons. The summed E-state index contributed by atoms with van der Waals surface area (Å²) < 4.78 is 0. The van der Waals surface area contributed by atoms with E-state index in [-0.39, 0.29) is 5.54 Å². The average molecular weight is 207 g/mol. The van der Waals surface area contributed by atoms with Crippen molar-refractivity contribution in [3.63, 3.8) is 0 Å². The maximum atomic E-state index is 10.8. The summed E-state index contributed by atoms with van der Waals surface area (Å²) in [5, 5.41) is 3.17. The van der Waals surface area contributed by atoms with Crippen LogP contribution < -0.4 is 5.32 Å². The summed E-state index contributed by atoms with van der Waals surface area (Å²) in [5.74, 6) is 1.80. The van der Waals surface area contributed by atoms with Gasteiger partial charge in [-0.2, -0.15) is 0 Å². The van der Waals surface area contributed by atoms with Crippen molar-refractivity contribution in [3.05, 3.63) is 0 Å². The Bertz CT molecular complexity index is 272. The van der Waals surface area contributed by atoms with Crippen LogP contribution in [0.25, 0.3) is 0 Å².